The minimum atomic E-state index is -0.829. The monoisotopic (exact) mass is 504 g/mol. The Morgan fingerprint density at radius 2 is 1.69 bits per heavy atom. The lowest BCUT2D eigenvalue weighted by Crippen LogP contribution is -2.49. The number of amides is 3. The number of alkyl carbamates (subject to hydrolysis) is 1. The zero-order chi connectivity index (χ0) is 23.7. The number of ether oxygens (including phenoxy) is 1. The lowest BCUT2D eigenvalue weighted by Gasteiger charge is -2.21. The number of carbonyl (C=O) groups is 3. The van der Waals surface area contributed by atoms with E-state index in [2.05, 4.69) is 31.9 Å². The number of benzene rings is 2. The van der Waals surface area contributed by atoms with Crippen LogP contribution >= 0.6 is 15.9 Å². The van der Waals surface area contributed by atoms with Gasteiger partial charge in [-0.2, -0.15) is 0 Å². The SMILES string of the molecule is CC(C)(C)OC(=O)NCCNC(=O)[C@H](Cc1ccccc1)NC(=O)c1cc(Br)ccc1N. The second kappa shape index (κ2) is 11.5. The predicted octanol–water partition coefficient (Wildman–Crippen LogP) is 3.01. The normalized spacial score (nSPS) is 11.9. The van der Waals surface area contributed by atoms with E-state index in [9.17, 15) is 14.4 Å². The van der Waals surface area contributed by atoms with Crippen LogP contribution in [0.25, 0.3) is 0 Å². The summed E-state index contributed by atoms with van der Waals surface area (Å²) in [5, 5.41) is 8.08. The molecule has 5 N–H and O–H groups in total. The standard InChI is InChI=1S/C23H29BrN4O4/c1-23(2,3)32-22(31)27-12-11-26-21(30)19(13-15-7-5-4-6-8-15)28-20(29)17-14-16(24)9-10-18(17)25/h4-10,14,19H,11-13,25H2,1-3H3,(H,26,30)(H,27,31)(H,28,29)/t19-/m0/s1. The lowest BCUT2D eigenvalue weighted by molar-refractivity contribution is -0.122. The Morgan fingerprint density at radius 3 is 2.34 bits per heavy atom. The Morgan fingerprint density at radius 1 is 1.03 bits per heavy atom. The van der Waals surface area contributed by atoms with Gasteiger partial charge in [-0.05, 0) is 44.5 Å². The summed E-state index contributed by atoms with van der Waals surface area (Å²) in [5.41, 5.74) is 6.80. The number of anilines is 1. The summed E-state index contributed by atoms with van der Waals surface area (Å²) in [7, 11) is 0. The van der Waals surface area contributed by atoms with Gasteiger partial charge in [-0.3, -0.25) is 9.59 Å². The Balaban J connectivity index is 2.01. The molecule has 2 aromatic carbocycles. The van der Waals surface area contributed by atoms with E-state index in [1.165, 1.54) is 0 Å². The molecule has 8 nitrogen and oxygen atoms in total. The molecule has 3 amide bonds. The molecule has 2 aromatic rings. The van der Waals surface area contributed by atoms with Crippen molar-refractivity contribution in [2.75, 3.05) is 18.8 Å². The van der Waals surface area contributed by atoms with E-state index < -0.39 is 23.6 Å². The number of nitrogen functional groups attached to an aromatic ring is 1. The van der Waals surface area contributed by atoms with Crippen LogP contribution in [0.3, 0.4) is 0 Å². The maximum absolute atomic E-state index is 12.8. The molecular formula is C23H29BrN4O4. The second-order valence-corrected chi connectivity index (χ2v) is 9.08. The van der Waals surface area contributed by atoms with Gasteiger partial charge in [-0.15, -0.1) is 0 Å². The highest BCUT2D eigenvalue weighted by molar-refractivity contribution is 9.10. The van der Waals surface area contributed by atoms with Crippen LogP contribution in [0.1, 0.15) is 36.7 Å². The van der Waals surface area contributed by atoms with E-state index in [4.69, 9.17) is 10.5 Å². The van der Waals surface area contributed by atoms with Gasteiger partial charge in [0.1, 0.15) is 11.6 Å². The lowest BCUT2D eigenvalue weighted by atomic mass is 10.0. The van der Waals surface area contributed by atoms with Gasteiger partial charge in [0.25, 0.3) is 5.91 Å². The maximum atomic E-state index is 12.8. The molecule has 0 aliphatic heterocycles. The van der Waals surface area contributed by atoms with E-state index >= 15 is 0 Å². The first-order valence-corrected chi connectivity index (χ1v) is 11.0. The van der Waals surface area contributed by atoms with Crippen LogP contribution < -0.4 is 21.7 Å². The fourth-order valence-corrected chi connectivity index (χ4v) is 3.17. The molecule has 1 atom stereocenters. The van der Waals surface area contributed by atoms with Crippen LogP contribution in [0.5, 0.6) is 0 Å². The van der Waals surface area contributed by atoms with Crippen LogP contribution in [0.4, 0.5) is 10.5 Å². The molecule has 0 aliphatic rings. The van der Waals surface area contributed by atoms with Gasteiger partial charge >= 0.3 is 6.09 Å². The third kappa shape index (κ3) is 8.58. The van der Waals surface area contributed by atoms with Gasteiger partial charge in [-0.1, -0.05) is 46.3 Å². The van der Waals surface area contributed by atoms with Gasteiger partial charge in [-0.25, -0.2) is 4.79 Å². The predicted molar refractivity (Wildman–Crippen MR) is 127 cm³/mol. The highest BCUT2D eigenvalue weighted by Gasteiger charge is 2.23. The molecule has 0 aromatic heterocycles. The highest BCUT2D eigenvalue weighted by atomic mass is 79.9. The third-order valence-corrected chi connectivity index (χ3v) is 4.75. The summed E-state index contributed by atoms with van der Waals surface area (Å²) in [5.74, 6) is -0.825. The molecule has 32 heavy (non-hydrogen) atoms. The number of rotatable bonds is 8. The summed E-state index contributed by atoms with van der Waals surface area (Å²) in [6.45, 7) is 5.67. The first-order valence-electron chi connectivity index (χ1n) is 10.2. The van der Waals surface area contributed by atoms with Gasteiger partial charge in [0.2, 0.25) is 5.91 Å². The fourth-order valence-electron chi connectivity index (χ4n) is 2.81. The van der Waals surface area contributed by atoms with Crippen molar-refractivity contribution >= 4 is 39.5 Å². The van der Waals surface area contributed by atoms with Crippen LogP contribution in [-0.4, -0.2) is 42.6 Å². The molecule has 0 fully saturated rings. The highest BCUT2D eigenvalue weighted by Crippen LogP contribution is 2.18. The first-order chi connectivity index (χ1) is 15.0. The Labute approximate surface area is 196 Å². The summed E-state index contributed by atoms with van der Waals surface area (Å²) >= 11 is 3.33. The van der Waals surface area contributed by atoms with Crippen molar-refractivity contribution in [2.45, 2.75) is 38.8 Å². The van der Waals surface area contributed by atoms with Gasteiger partial charge < -0.3 is 26.4 Å². The number of halogens is 1. The van der Waals surface area contributed by atoms with Crippen molar-refractivity contribution in [1.29, 1.82) is 0 Å². The van der Waals surface area contributed by atoms with Crippen molar-refractivity contribution in [2.24, 2.45) is 0 Å². The second-order valence-electron chi connectivity index (χ2n) is 8.17. The Bertz CT molecular complexity index is 945. The Kier molecular flexibility index (Phi) is 9.07. The first kappa shape index (κ1) is 25.2. The van der Waals surface area contributed by atoms with Crippen molar-refractivity contribution in [3.05, 3.63) is 64.1 Å². The molecule has 0 aliphatic carbocycles. The zero-order valence-corrected chi connectivity index (χ0v) is 20.0. The molecule has 172 valence electrons. The molecular weight excluding hydrogens is 476 g/mol. The molecule has 2 rings (SSSR count). The smallest absolute Gasteiger partial charge is 0.407 e. The van der Waals surface area contributed by atoms with Gasteiger partial charge in [0, 0.05) is 29.7 Å². The zero-order valence-electron chi connectivity index (χ0n) is 18.4. The molecule has 0 spiro atoms. The van der Waals surface area contributed by atoms with E-state index in [0.29, 0.717) is 16.6 Å². The third-order valence-electron chi connectivity index (χ3n) is 4.26. The summed E-state index contributed by atoms with van der Waals surface area (Å²) in [4.78, 5) is 37.4. The number of hydrogen-bond donors (Lipinski definition) is 4. The average molecular weight is 505 g/mol. The maximum Gasteiger partial charge on any atom is 0.407 e. The summed E-state index contributed by atoms with van der Waals surface area (Å²) in [6, 6.07) is 13.5. The number of nitrogens with two attached hydrogens (primary N) is 1. The fraction of sp³-hybridized carbons (Fsp3) is 0.348. The Hall–Kier alpha value is -3.07. The van der Waals surface area contributed by atoms with Crippen molar-refractivity contribution < 1.29 is 19.1 Å². The molecule has 9 heteroatoms. The largest absolute Gasteiger partial charge is 0.444 e. The van der Waals surface area contributed by atoms with E-state index in [1.54, 1.807) is 39.0 Å². The molecule has 0 bridgehead atoms. The van der Waals surface area contributed by atoms with Crippen molar-refractivity contribution in [3.63, 3.8) is 0 Å². The summed E-state index contributed by atoms with van der Waals surface area (Å²) < 4.78 is 5.86. The molecule has 0 radical (unpaired) electrons. The van der Waals surface area contributed by atoms with E-state index in [0.717, 1.165) is 5.56 Å². The van der Waals surface area contributed by atoms with Gasteiger partial charge in [0.05, 0.1) is 5.56 Å². The number of carbonyl (C=O) groups excluding carboxylic acids is 3. The van der Waals surface area contributed by atoms with E-state index in [-0.39, 0.29) is 24.6 Å². The quantitative estimate of drug-likeness (QED) is 0.325. The van der Waals surface area contributed by atoms with Crippen LogP contribution in [-0.2, 0) is 16.0 Å². The molecule has 0 saturated carbocycles. The van der Waals surface area contributed by atoms with Crippen molar-refractivity contribution in [1.82, 2.24) is 16.0 Å². The molecule has 0 heterocycles. The summed E-state index contributed by atoms with van der Waals surface area (Å²) in [6.07, 6.45) is -0.266. The molecule has 0 saturated heterocycles. The average Bonchev–Trinajstić information content (AvgIpc) is 2.71. The number of nitrogens with one attached hydrogen (secondary N) is 3. The van der Waals surface area contributed by atoms with Crippen LogP contribution in [0.15, 0.2) is 53.0 Å². The van der Waals surface area contributed by atoms with Gasteiger partial charge in [0.15, 0.2) is 0 Å². The van der Waals surface area contributed by atoms with Crippen LogP contribution in [0, 0.1) is 0 Å². The van der Waals surface area contributed by atoms with Crippen molar-refractivity contribution in [3.8, 4) is 0 Å². The van der Waals surface area contributed by atoms with Crippen LogP contribution in [0.2, 0.25) is 0 Å². The topological polar surface area (TPSA) is 123 Å². The minimum Gasteiger partial charge on any atom is -0.444 e. The minimum absolute atomic E-state index is 0.179. The molecule has 0 unspecified atom stereocenters. The number of hydrogen-bond acceptors (Lipinski definition) is 5. The van der Waals surface area contributed by atoms with E-state index in [1.807, 2.05) is 30.3 Å².